The highest BCUT2D eigenvalue weighted by Crippen LogP contribution is 2.33. The van der Waals surface area contributed by atoms with Gasteiger partial charge in [-0.3, -0.25) is 14.3 Å². The minimum atomic E-state index is -4.74. The van der Waals surface area contributed by atoms with Crippen molar-refractivity contribution in [2.75, 3.05) is 0 Å². The molecule has 146 valence electrons. The highest BCUT2D eigenvalue weighted by Gasteiger charge is 2.40. The summed E-state index contributed by atoms with van der Waals surface area (Å²) in [6.45, 7) is 4.71. The van der Waals surface area contributed by atoms with Gasteiger partial charge in [-0.2, -0.15) is 18.3 Å². The third-order valence-electron chi connectivity index (χ3n) is 3.85. The Morgan fingerprint density at radius 3 is 2.33 bits per heavy atom. The minimum Gasteiger partial charge on any atom is -0.350 e. The van der Waals surface area contributed by atoms with Crippen molar-refractivity contribution in [2.24, 2.45) is 0 Å². The molecule has 2 amide bonds. The maximum absolute atomic E-state index is 13.3. The lowest BCUT2D eigenvalue weighted by atomic mass is 10.2. The second kappa shape index (κ2) is 8.24. The lowest BCUT2D eigenvalue weighted by Gasteiger charge is -2.17. The Morgan fingerprint density at radius 2 is 1.78 bits per heavy atom. The fourth-order valence-corrected chi connectivity index (χ4v) is 2.48. The summed E-state index contributed by atoms with van der Waals surface area (Å²) < 4.78 is 40.8. The average molecular weight is 382 g/mol. The van der Waals surface area contributed by atoms with E-state index in [1.807, 2.05) is 30.3 Å². The van der Waals surface area contributed by atoms with Crippen molar-refractivity contribution >= 4 is 11.8 Å². The van der Waals surface area contributed by atoms with Gasteiger partial charge in [0.1, 0.15) is 6.04 Å². The van der Waals surface area contributed by atoms with Crippen LogP contribution in [0.5, 0.6) is 0 Å². The first-order chi connectivity index (χ1) is 12.6. The van der Waals surface area contributed by atoms with Crippen LogP contribution in [0.25, 0.3) is 0 Å². The van der Waals surface area contributed by atoms with E-state index in [0.717, 1.165) is 16.4 Å². The van der Waals surface area contributed by atoms with Gasteiger partial charge in [-0.05, 0) is 26.3 Å². The van der Waals surface area contributed by atoms with Gasteiger partial charge in [0.2, 0.25) is 5.91 Å². The molecule has 9 heteroatoms. The first-order valence-corrected chi connectivity index (χ1v) is 8.38. The van der Waals surface area contributed by atoms with Crippen molar-refractivity contribution in [1.82, 2.24) is 20.4 Å². The first kappa shape index (κ1) is 20.5. The van der Waals surface area contributed by atoms with Crippen molar-refractivity contribution in [2.45, 2.75) is 45.6 Å². The number of nitrogens with zero attached hydrogens (tertiary/aromatic N) is 2. The summed E-state index contributed by atoms with van der Waals surface area (Å²) in [4.78, 5) is 24.4. The predicted octanol–water partition coefficient (Wildman–Crippen LogP) is 2.92. The summed E-state index contributed by atoms with van der Waals surface area (Å²) >= 11 is 0. The van der Waals surface area contributed by atoms with Crippen LogP contribution >= 0.6 is 0 Å². The summed E-state index contributed by atoms with van der Waals surface area (Å²) in [7, 11) is 0. The third kappa shape index (κ3) is 5.08. The quantitative estimate of drug-likeness (QED) is 0.807. The normalized spacial score (nSPS) is 12.7. The summed E-state index contributed by atoms with van der Waals surface area (Å²) in [6, 6.07) is 7.53. The molecule has 2 aromatic rings. The maximum atomic E-state index is 13.3. The Hall–Kier alpha value is -2.84. The van der Waals surface area contributed by atoms with Gasteiger partial charge < -0.3 is 10.6 Å². The molecule has 27 heavy (non-hydrogen) atoms. The van der Waals surface area contributed by atoms with Crippen LogP contribution in [0.3, 0.4) is 0 Å². The van der Waals surface area contributed by atoms with Crippen LogP contribution in [-0.4, -0.2) is 27.6 Å². The highest BCUT2D eigenvalue weighted by molar-refractivity contribution is 5.98. The fraction of sp³-hybridized carbons (Fsp3) is 0.389. The smallest absolute Gasteiger partial charge is 0.350 e. The van der Waals surface area contributed by atoms with E-state index in [0.29, 0.717) is 0 Å². The average Bonchev–Trinajstić information content (AvgIpc) is 3.06. The van der Waals surface area contributed by atoms with Crippen molar-refractivity contribution < 1.29 is 22.8 Å². The van der Waals surface area contributed by atoms with Gasteiger partial charge in [0.15, 0.2) is 5.69 Å². The number of aromatic nitrogens is 2. The molecule has 0 unspecified atom stereocenters. The van der Waals surface area contributed by atoms with Crippen LogP contribution in [-0.2, 0) is 17.5 Å². The Balaban J connectivity index is 2.07. The largest absolute Gasteiger partial charge is 0.433 e. The van der Waals surface area contributed by atoms with Crippen LogP contribution in [0.2, 0.25) is 0 Å². The molecule has 2 N–H and O–H groups in total. The van der Waals surface area contributed by atoms with E-state index in [2.05, 4.69) is 15.7 Å². The highest BCUT2D eigenvalue weighted by atomic mass is 19.4. The molecule has 6 nitrogen and oxygen atoms in total. The predicted molar refractivity (Wildman–Crippen MR) is 92.8 cm³/mol. The van der Waals surface area contributed by atoms with Gasteiger partial charge in [-0.1, -0.05) is 30.3 Å². The van der Waals surface area contributed by atoms with Crippen molar-refractivity contribution in [3.8, 4) is 0 Å². The Labute approximate surface area is 154 Å². The summed E-state index contributed by atoms with van der Waals surface area (Å²) in [6.07, 6.45) is -3.88. The maximum Gasteiger partial charge on any atom is 0.433 e. The van der Waals surface area contributed by atoms with Crippen molar-refractivity contribution in [3.05, 3.63) is 53.3 Å². The van der Waals surface area contributed by atoms with Crippen molar-refractivity contribution in [1.29, 1.82) is 0 Å². The second-order valence-electron chi connectivity index (χ2n) is 6.34. The van der Waals surface area contributed by atoms with E-state index in [4.69, 9.17) is 0 Å². The molecule has 0 bridgehead atoms. The molecule has 1 aromatic heterocycles. The van der Waals surface area contributed by atoms with E-state index in [1.165, 1.54) is 20.8 Å². The van der Waals surface area contributed by atoms with Crippen LogP contribution in [0.4, 0.5) is 13.2 Å². The van der Waals surface area contributed by atoms with Gasteiger partial charge in [0.25, 0.3) is 5.91 Å². The molecule has 1 atom stereocenters. The molecule has 0 saturated carbocycles. The zero-order valence-electron chi connectivity index (χ0n) is 15.2. The number of benzene rings is 1. The van der Waals surface area contributed by atoms with Crippen LogP contribution in [0.1, 0.15) is 48.4 Å². The topological polar surface area (TPSA) is 76.0 Å². The zero-order valence-corrected chi connectivity index (χ0v) is 15.2. The summed E-state index contributed by atoms with van der Waals surface area (Å²) in [5.74, 6) is -1.51. The molecular weight excluding hydrogens is 361 g/mol. The zero-order chi connectivity index (χ0) is 20.2. The lowest BCUT2D eigenvalue weighted by Crippen LogP contribution is -2.44. The lowest BCUT2D eigenvalue weighted by molar-refractivity contribution is -0.145. The number of amides is 2. The van der Waals surface area contributed by atoms with Crippen molar-refractivity contribution in [3.63, 3.8) is 0 Å². The second-order valence-corrected chi connectivity index (χ2v) is 6.34. The molecule has 0 aliphatic heterocycles. The molecule has 0 spiro atoms. The van der Waals surface area contributed by atoms with E-state index in [9.17, 15) is 22.8 Å². The molecule has 2 rings (SSSR count). The van der Waals surface area contributed by atoms with Gasteiger partial charge in [0, 0.05) is 12.6 Å². The molecule has 1 aromatic carbocycles. The van der Waals surface area contributed by atoms with E-state index >= 15 is 0 Å². The number of halogens is 3. The SMILES string of the molecule is CC(C)n1ncc(C(=O)N[C@H](C)C(=O)NCc2ccccc2)c1C(F)(F)F. The third-order valence-corrected chi connectivity index (χ3v) is 3.85. The number of rotatable bonds is 6. The number of carbonyl (C=O) groups excluding carboxylic acids is 2. The standard InChI is InChI=1S/C18H21F3N4O2/c1-11(2)25-15(18(19,20)21)14(10-23-25)17(27)24-12(3)16(26)22-9-13-7-5-4-6-8-13/h4-8,10-12H,9H2,1-3H3,(H,22,26)(H,24,27)/t12-/m1/s1. The van der Waals surface area contributed by atoms with Crippen LogP contribution < -0.4 is 10.6 Å². The van der Waals surface area contributed by atoms with Gasteiger partial charge in [0.05, 0.1) is 11.8 Å². The van der Waals surface area contributed by atoms with E-state index in [1.54, 1.807) is 0 Å². The number of carbonyl (C=O) groups is 2. The number of hydrogen-bond acceptors (Lipinski definition) is 3. The minimum absolute atomic E-state index is 0.249. The Kier molecular flexibility index (Phi) is 6.24. The van der Waals surface area contributed by atoms with Crippen LogP contribution in [0, 0.1) is 0 Å². The van der Waals surface area contributed by atoms with Gasteiger partial charge >= 0.3 is 6.18 Å². The van der Waals surface area contributed by atoms with Gasteiger partial charge in [-0.25, -0.2) is 0 Å². The molecule has 0 aliphatic rings. The van der Waals surface area contributed by atoms with Gasteiger partial charge in [-0.15, -0.1) is 0 Å². The molecule has 1 heterocycles. The molecule has 0 saturated heterocycles. The Bertz CT molecular complexity index is 801. The van der Waals surface area contributed by atoms with Crippen LogP contribution in [0.15, 0.2) is 36.5 Å². The van der Waals surface area contributed by atoms with E-state index in [-0.39, 0.29) is 6.54 Å². The fourth-order valence-electron chi connectivity index (χ4n) is 2.48. The number of hydrogen-bond donors (Lipinski definition) is 2. The molecule has 0 fully saturated rings. The molecular formula is C18H21F3N4O2. The molecule has 0 aliphatic carbocycles. The Morgan fingerprint density at radius 1 is 1.15 bits per heavy atom. The monoisotopic (exact) mass is 382 g/mol. The number of nitrogens with one attached hydrogen (secondary N) is 2. The number of alkyl halides is 3. The summed E-state index contributed by atoms with van der Waals surface area (Å²) in [5.41, 5.74) is -0.882. The molecule has 0 radical (unpaired) electrons. The first-order valence-electron chi connectivity index (χ1n) is 8.38. The van der Waals surface area contributed by atoms with E-state index < -0.39 is 41.3 Å². The summed E-state index contributed by atoms with van der Waals surface area (Å²) in [5, 5.41) is 8.59.